The lowest BCUT2D eigenvalue weighted by molar-refractivity contribution is -0.131. The van der Waals surface area contributed by atoms with Crippen molar-refractivity contribution in [2.75, 3.05) is 31.1 Å². The van der Waals surface area contributed by atoms with Crippen LogP contribution in [0.5, 0.6) is 0 Å². The number of hydrogen-bond acceptors (Lipinski definition) is 4. The van der Waals surface area contributed by atoms with Crippen molar-refractivity contribution < 1.29 is 9.90 Å². The number of aromatic nitrogens is 1. The number of hydrogen-bond donors (Lipinski definition) is 1. The van der Waals surface area contributed by atoms with Gasteiger partial charge in [0, 0.05) is 49.6 Å². The first-order valence-corrected chi connectivity index (χ1v) is 7.24. The normalized spacial score (nSPS) is 17.4. The van der Waals surface area contributed by atoms with Crippen molar-refractivity contribution in [1.29, 1.82) is 0 Å². The van der Waals surface area contributed by atoms with E-state index in [4.69, 9.17) is 5.11 Å². The van der Waals surface area contributed by atoms with Crippen molar-refractivity contribution in [3.05, 3.63) is 30.0 Å². The van der Waals surface area contributed by atoms with Crippen LogP contribution in [0.2, 0.25) is 0 Å². The van der Waals surface area contributed by atoms with E-state index in [0.717, 1.165) is 43.6 Å². The molecular weight excluding hydrogens is 266 g/mol. The van der Waals surface area contributed by atoms with Gasteiger partial charge < -0.3 is 10.0 Å². The summed E-state index contributed by atoms with van der Waals surface area (Å²) in [6.07, 6.45) is 4.52. The molecular formula is C16H23N3O2. The zero-order chi connectivity index (χ0) is 15.5. The molecule has 0 spiro atoms. The fourth-order valence-corrected chi connectivity index (χ4v) is 2.55. The third kappa shape index (κ3) is 4.04. The second kappa shape index (κ2) is 6.26. The first-order valence-electron chi connectivity index (χ1n) is 7.24. The molecule has 114 valence electrons. The predicted molar refractivity (Wildman–Crippen MR) is 84.4 cm³/mol. The van der Waals surface area contributed by atoms with Gasteiger partial charge in [0.2, 0.25) is 0 Å². The van der Waals surface area contributed by atoms with Crippen LogP contribution in [0, 0.1) is 0 Å². The van der Waals surface area contributed by atoms with Gasteiger partial charge in [-0.2, -0.15) is 0 Å². The molecule has 1 aliphatic heterocycles. The van der Waals surface area contributed by atoms with E-state index in [9.17, 15) is 4.79 Å². The molecule has 1 aromatic heterocycles. The summed E-state index contributed by atoms with van der Waals surface area (Å²) in [5, 5.41) is 8.77. The number of carboxylic acids is 1. The van der Waals surface area contributed by atoms with Crippen LogP contribution in [0.3, 0.4) is 0 Å². The first kappa shape index (κ1) is 15.5. The van der Waals surface area contributed by atoms with Gasteiger partial charge in [0.15, 0.2) is 0 Å². The van der Waals surface area contributed by atoms with Crippen molar-refractivity contribution in [1.82, 2.24) is 9.88 Å². The van der Waals surface area contributed by atoms with Gasteiger partial charge in [0.25, 0.3) is 0 Å². The summed E-state index contributed by atoms with van der Waals surface area (Å²) in [7, 11) is 0. The Bertz CT molecular complexity index is 527. The van der Waals surface area contributed by atoms with Crippen LogP contribution in [0.25, 0.3) is 6.08 Å². The SMILES string of the molecule is CC(C)(C)N1CCN(c2ncccc2/C=C/C(=O)O)CC1. The molecule has 2 heterocycles. The van der Waals surface area contributed by atoms with Crippen LogP contribution >= 0.6 is 0 Å². The summed E-state index contributed by atoms with van der Waals surface area (Å²) >= 11 is 0. The number of aliphatic carboxylic acids is 1. The van der Waals surface area contributed by atoms with Crippen LogP contribution < -0.4 is 4.90 Å². The molecule has 5 nitrogen and oxygen atoms in total. The maximum atomic E-state index is 10.7. The first-order chi connectivity index (χ1) is 9.88. The maximum Gasteiger partial charge on any atom is 0.328 e. The summed E-state index contributed by atoms with van der Waals surface area (Å²) in [4.78, 5) is 19.8. The molecule has 21 heavy (non-hydrogen) atoms. The number of piperazine rings is 1. The Balaban J connectivity index is 2.12. The van der Waals surface area contributed by atoms with Gasteiger partial charge in [-0.25, -0.2) is 9.78 Å². The summed E-state index contributed by atoms with van der Waals surface area (Å²) in [6, 6.07) is 3.73. The van der Waals surface area contributed by atoms with E-state index in [1.807, 2.05) is 12.1 Å². The van der Waals surface area contributed by atoms with Crippen LogP contribution in [0.4, 0.5) is 5.82 Å². The molecule has 5 heteroatoms. The Morgan fingerprint density at radius 1 is 1.29 bits per heavy atom. The topological polar surface area (TPSA) is 56.7 Å². The maximum absolute atomic E-state index is 10.7. The molecule has 0 radical (unpaired) electrons. The monoisotopic (exact) mass is 289 g/mol. The van der Waals surface area contributed by atoms with Crippen LogP contribution in [-0.4, -0.2) is 52.7 Å². The van der Waals surface area contributed by atoms with Gasteiger partial charge in [-0.3, -0.25) is 4.90 Å². The third-order valence-corrected chi connectivity index (χ3v) is 3.75. The Labute approximate surface area is 125 Å². The highest BCUT2D eigenvalue weighted by Crippen LogP contribution is 2.22. The highest BCUT2D eigenvalue weighted by Gasteiger charge is 2.26. The molecule has 0 aliphatic carbocycles. The minimum absolute atomic E-state index is 0.183. The van der Waals surface area contributed by atoms with E-state index in [-0.39, 0.29) is 5.54 Å². The van der Waals surface area contributed by atoms with Crippen LogP contribution in [0.15, 0.2) is 24.4 Å². The molecule has 0 aromatic carbocycles. The van der Waals surface area contributed by atoms with E-state index in [0.29, 0.717) is 0 Å². The van der Waals surface area contributed by atoms with E-state index < -0.39 is 5.97 Å². The average molecular weight is 289 g/mol. The summed E-state index contributed by atoms with van der Waals surface area (Å²) in [5.41, 5.74) is 1.03. The fourth-order valence-electron chi connectivity index (χ4n) is 2.55. The average Bonchev–Trinajstić information content (AvgIpc) is 2.44. The van der Waals surface area contributed by atoms with Gasteiger partial charge in [0.1, 0.15) is 5.82 Å². The Morgan fingerprint density at radius 3 is 2.52 bits per heavy atom. The van der Waals surface area contributed by atoms with Crippen LogP contribution in [0.1, 0.15) is 26.3 Å². The van der Waals surface area contributed by atoms with Crippen LogP contribution in [-0.2, 0) is 4.79 Å². The molecule has 1 N–H and O–H groups in total. The van der Waals surface area contributed by atoms with E-state index in [1.54, 1.807) is 12.3 Å². The van der Waals surface area contributed by atoms with Crippen molar-refractivity contribution >= 4 is 17.9 Å². The molecule has 1 saturated heterocycles. The smallest absolute Gasteiger partial charge is 0.328 e. The van der Waals surface area contributed by atoms with Gasteiger partial charge in [-0.05, 0) is 39.0 Å². The second-order valence-corrected chi connectivity index (χ2v) is 6.23. The van der Waals surface area contributed by atoms with E-state index in [1.165, 1.54) is 0 Å². The largest absolute Gasteiger partial charge is 0.478 e. The number of pyridine rings is 1. The quantitative estimate of drug-likeness (QED) is 0.864. The minimum atomic E-state index is -0.942. The lowest BCUT2D eigenvalue weighted by Crippen LogP contribution is -2.53. The Hall–Kier alpha value is -1.88. The standard InChI is InChI=1S/C16H23N3O2/c1-16(2,3)19-11-9-18(10-12-19)15-13(5-4-8-17-15)6-7-14(20)21/h4-8H,9-12H2,1-3H3,(H,20,21)/b7-6+. The van der Waals surface area contributed by atoms with Gasteiger partial charge in [0.05, 0.1) is 0 Å². The molecule has 1 aromatic rings. The zero-order valence-corrected chi connectivity index (χ0v) is 12.9. The molecule has 2 rings (SSSR count). The third-order valence-electron chi connectivity index (χ3n) is 3.75. The van der Waals surface area contributed by atoms with Crippen molar-refractivity contribution in [3.8, 4) is 0 Å². The van der Waals surface area contributed by atoms with Gasteiger partial charge in [-0.15, -0.1) is 0 Å². The highest BCUT2D eigenvalue weighted by atomic mass is 16.4. The zero-order valence-electron chi connectivity index (χ0n) is 12.9. The van der Waals surface area contributed by atoms with Crippen molar-refractivity contribution in [2.24, 2.45) is 0 Å². The summed E-state index contributed by atoms with van der Waals surface area (Å²) < 4.78 is 0. The molecule has 1 fully saturated rings. The Kier molecular flexibility index (Phi) is 4.63. The molecule has 0 atom stereocenters. The minimum Gasteiger partial charge on any atom is -0.478 e. The predicted octanol–water partition coefficient (Wildman–Crippen LogP) is 2.10. The van der Waals surface area contributed by atoms with E-state index >= 15 is 0 Å². The van der Waals surface area contributed by atoms with Crippen molar-refractivity contribution in [3.63, 3.8) is 0 Å². The number of carbonyl (C=O) groups is 1. The van der Waals surface area contributed by atoms with Gasteiger partial charge in [-0.1, -0.05) is 0 Å². The van der Waals surface area contributed by atoms with Crippen molar-refractivity contribution in [2.45, 2.75) is 26.3 Å². The fraction of sp³-hybridized carbons (Fsp3) is 0.500. The number of carboxylic acid groups (broad SMARTS) is 1. The second-order valence-electron chi connectivity index (χ2n) is 6.23. The molecule has 0 amide bonds. The lowest BCUT2D eigenvalue weighted by Gasteiger charge is -2.42. The molecule has 0 bridgehead atoms. The number of rotatable bonds is 3. The highest BCUT2D eigenvalue weighted by molar-refractivity contribution is 5.86. The molecule has 1 aliphatic rings. The van der Waals surface area contributed by atoms with Gasteiger partial charge >= 0.3 is 5.97 Å². The molecule has 0 unspecified atom stereocenters. The van der Waals surface area contributed by atoms with E-state index in [2.05, 4.69) is 35.6 Å². The lowest BCUT2D eigenvalue weighted by atomic mass is 10.0. The number of nitrogens with zero attached hydrogens (tertiary/aromatic N) is 3. The molecule has 0 saturated carbocycles. The summed E-state index contributed by atoms with van der Waals surface area (Å²) in [5.74, 6) is -0.0779. The Morgan fingerprint density at radius 2 is 1.95 bits per heavy atom. The number of anilines is 1. The summed E-state index contributed by atoms with van der Waals surface area (Å²) in [6.45, 7) is 10.5.